The van der Waals surface area contributed by atoms with Crippen LogP contribution in [0.3, 0.4) is 0 Å². The van der Waals surface area contributed by atoms with E-state index >= 15 is 0 Å². The summed E-state index contributed by atoms with van der Waals surface area (Å²) in [5.74, 6) is 0.0634. The molecule has 0 aromatic heterocycles. The largest absolute Gasteiger partial charge is 0.356 e. The number of urea groups is 1. The zero-order valence-corrected chi connectivity index (χ0v) is 16.0. The van der Waals surface area contributed by atoms with Crippen molar-refractivity contribution in [1.29, 1.82) is 0 Å². The first-order valence-electron chi connectivity index (χ1n) is 9.32. The SMILES string of the molecule is CC(C)(C)NC(=O)N1CCC(CNC(=O)CCc2ccccc2F)CC1. The third-order valence-corrected chi connectivity index (χ3v) is 4.55. The van der Waals surface area contributed by atoms with E-state index in [1.165, 1.54) is 6.07 Å². The van der Waals surface area contributed by atoms with Crippen molar-refractivity contribution in [1.82, 2.24) is 15.5 Å². The Labute approximate surface area is 155 Å². The normalized spacial score (nSPS) is 15.6. The molecule has 3 amide bonds. The molecule has 1 aliphatic rings. The maximum absolute atomic E-state index is 13.6. The van der Waals surface area contributed by atoms with Crippen molar-refractivity contribution in [2.75, 3.05) is 19.6 Å². The molecule has 1 aromatic carbocycles. The highest BCUT2D eigenvalue weighted by atomic mass is 19.1. The molecular weight excluding hydrogens is 333 g/mol. The molecule has 0 aliphatic carbocycles. The number of likely N-dealkylation sites (tertiary alicyclic amines) is 1. The number of carbonyl (C=O) groups is 2. The highest BCUT2D eigenvalue weighted by molar-refractivity contribution is 5.76. The lowest BCUT2D eigenvalue weighted by Crippen LogP contribution is -2.51. The van der Waals surface area contributed by atoms with Gasteiger partial charge in [0.1, 0.15) is 5.82 Å². The summed E-state index contributed by atoms with van der Waals surface area (Å²) in [6.07, 6.45) is 2.45. The van der Waals surface area contributed by atoms with E-state index in [1.54, 1.807) is 18.2 Å². The van der Waals surface area contributed by atoms with Gasteiger partial charge in [0.15, 0.2) is 0 Å². The third kappa shape index (κ3) is 6.65. The minimum atomic E-state index is -0.263. The van der Waals surface area contributed by atoms with Crippen LogP contribution in [0, 0.1) is 11.7 Å². The molecule has 2 rings (SSSR count). The number of nitrogens with one attached hydrogen (secondary N) is 2. The lowest BCUT2D eigenvalue weighted by molar-refractivity contribution is -0.121. The summed E-state index contributed by atoms with van der Waals surface area (Å²) < 4.78 is 13.6. The van der Waals surface area contributed by atoms with Crippen molar-refractivity contribution in [3.8, 4) is 0 Å². The Balaban J connectivity index is 1.66. The second kappa shape index (κ2) is 9.01. The number of rotatable bonds is 5. The fourth-order valence-corrected chi connectivity index (χ4v) is 3.04. The van der Waals surface area contributed by atoms with Crippen molar-refractivity contribution >= 4 is 11.9 Å². The van der Waals surface area contributed by atoms with E-state index in [0.717, 1.165) is 12.8 Å². The number of amides is 3. The molecule has 1 fully saturated rings. The van der Waals surface area contributed by atoms with Gasteiger partial charge >= 0.3 is 6.03 Å². The van der Waals surface area contributed by atoms with Crippen LogP contribution in [-0.4, -0.2) is 42.0 Å². The molecule has 1 aromatic rings. The summed E-state index contributed by atoms with van der Waals surface area (Å²) in [4.78, 5) is 26.0. The number of halogens is 1. The van der Waals surface area contributed by atoms with E-state index in [4.69, 9.17) is 0 Å². The number of nitrogens with zero attached hydrogens (tertiary/aromatic N) is 1. The number of hydrogen-bond acceptors (Lipinski definition) is 2. The van der Waals surface area contributed by atoms with Crippen molar-refractivity contribution in [2.24, 2.45) is 5.92 Å². The Morgan fingerprint density at radius 1 is 1.19 bits per heavy atom. The van der Waals surface area contributed by atoms with Crippen molar-refractivity contribution in [3.63, 3.8) is 0 Å². The van der Waals surface area contributed by atoms with Crippen LogP contribution < -0.4 is 10.6 Å². The predicted molar refractivity (Wildman–Crippen MR) is 100 cm³/mol. The lowest BCUT2D eigenvalue weighted by atomic mass is 9.96. The Hall–Kier alpha value is -2.11. The topological polar surface area (TPSA) is 61.4 Å². The number of hydrogen-bond donors (Lipinski definition) is 2. The highest BCUT2D eigenvalue weighted by Crippen LogP contribution is 2.17. The molecule has 0 radical (unpaired) electrons. The summed E-state index contributed by atoms with van der Waals surface area (Å²) in [5, 5.41) is 5.92. The van der Waals surface area contributed by atoms with Crippen LogP contribution in [0.15, 0.2) is 24.3 Å². The maximum atomic E-state index is 13.6. The number of benzene rings is 1. The number of aryl methyl sites for hydroxylation is 1. The number of piperidine rings is 1. The predicted octanol–water partition coefficient (Wildman–Crippen LogP) is 3.09. The third-order valence-electron chi connectivity index (χ3n) is 4.55. The molecule has 0 spiro atoms. The Morgan fingerprint density at radius 2 is 1.85 bits per heavy atom. The molecule has 1 saturated heterocycles. The molecule has 1 heterocycles. The molecule has 5 nitrogen and oxygen atoms in total. The van der Waals surface area contributed by atoms with Gasteiger partial charge in [0.05, 0.1) is 0 Å². The summed E-state index contributed by atoms with van der Waals surface area (Å²) in [6.45, 7) is 7.93. The second-order valence-electron chi connectivity index (χ2n) is 8.01. The van der Waals surface area contributed by atoms with Crippen molar-refractivity contribution in [3.05, 3.63) is 35.6 Å². The summed E-state index contributed by atoms with van der Waals surface area (Å²) in [7, 11) is 0. The van der Waals surface area contributed by atoms with Gasteiger partial charge in [-0.05, 0) is 57.6 Å². The fourth-order valence-electron chi connectivity index (χ4n) is 3.04. The van der Waals surface area contributed by atoms with Gasteiger partial charge in [0.25, 0.3) is 0 Å². The van der Waals surface area contributed by atoms with Crippen LogP contribution in [0.1, 0.15) is 45.6 Å². The first-order valence-corrected chi connectivity index (χ1v) is 9.32. The smallest absolute Gasteiger partial charge is 0.317 e. The fraction of sp³-hybridized carbons (Fsp3) is 0.600. The summed E-state index contributed by atoms with van der Waals surface area (Å²) >= 11 is 0. The molecule has 0 unspecified atom stereocenters. The highest BCUT2D eigenvalue weighted by Gasteiger charge is 2.25. The second-order valence-corrected chi connectivity index (χ2v) is 8.01. The first kappa shape index (κ1) is 20.2. The minimum Gasteiger partial charge on any atom is -0.356 e. The quantitative estimate of drug-likeness (QED) is 0.844. The van der Waals surface area contributed by atoms with Crippen molar-refractivity contribution < 1.29 is 14.0 Å². The van der Waals surface area contributed by atoms with Crippen LogP contribution in [0.2, 0.25) is 0 Å². The van der Waals surface area contributed by atoms with Gasteiger partial charge in [0.2, 0.25) is 5.91 Å². The molecule has 26 heavy (non-hydrogen) atoms. The first-order chi connectivity index (χ1) is 12.2. The molecule has 0 saturated carbocycles. The lowest BCUT2D eigenvalue weighted by Gasteiger charge is -2.34. The van der Waals surface area contributed by atoms with Gasteiger partial charge in [-0.1, -0.05) is 18.2 Å². The average molecular weight is 363 g/mol. The molecular formula is C20H30FN3O2. The Morgan fingerprint density at radius 3 is 2.46 bits per heavy atom. The zero-order valence-electron chi connectivity index (χ0n) is 16.0. The summed E-state index contributed by atoms with van der Waals surface area (Å²) in [5.41, 5.74) is 0.334. The minimum absolute atomic E-state index is 0.0233. The van der Waals surface area contributed by atoms with Gasteiger partial charge in [-0.15, -0.1) is 0 Å². The average Bonchev–Trinajstić information content (AvgIpc) is 2.58. The van der Waals surface area contributed by atoms with Crippen LogP contribution in [-0.2, 0) is 11.2 Å². The maximum Gasteiger partial charge on any atom is 0.317 e. The van der Waals surface area contributed by atoms with Gasteiger partial charge < -0.3 is 15.5 Å². The molecule has 0 atom stereocenters. The monoisotopic (exact) mass is 363 g/mol. The molecule has 0 bridgehead atoms. The van der Waals surface area contributed by atoms with E-state index in [1.807, 2.05) is 25.7 Å². The van der Waals surface area contributed by atoms with Crippen molar-refractivity contribution in [2.45, 2.75) is 52.0 Å². The van der Waals surface area contributed by atoms with E-state index in [2.05, 4.69) is 10.6 Å². The molecule has 2 N–H and O–H groups in total. The zero-order chi connectivity index (χ0) is 19.2. The molecule has 1 aliphatic heterocycles. The Bertz CT molecular complexity index is 620. The van der Waals surface area contributed by atoms with E-state index in [0.29, 0.717) is 37.5 Å². The summed E-state index contributed by atoms with van der Waals surface area (Å²) in [6, 6.07) is 6.52. The van der Waals surface area contributed by atoms with Gasteiger partial charge in [-0.3, -0.25) is 4.79 Å². The van der Waals surface area contributed by atoms with Gasteiger partial charge in [0, 0.05) is 31.6 Å². The molecule has 144 valence electrons. The van der Waals surface area contributed by atoms with Crippen LogP contribution in [0.25, 0.3) is 0 Å². The van der Waals surface area contributed by atoms with Crippen LogP contribution in [0.5, 0.6) is 0 Å². The van der Waals surface area contributed by atoms with Gasteiger partial charge in [-0.25, -0.2) is 9.18 Å². The van der Waals surface area contributed by atoms with Crippen LogP contribution >= 0.6 is 0 Å². The standard InChI is InChI=1S/C20H30FN3O2/c1-20(2,3)23-19(26)24-12-10-15(11-13-24)14-22-18(25)9-8-16-6-4-5-7-17(16)21/h4-7,15H,8-14H2,1-3H3,(H,22,25)(H,23,26). The van der Waals surface area contributed by atoms with Gasteiger partial charge in [-0.2, -0.15) is 0 Å². The number of carbonyl (C=O) groups excluding carboxylic acids is 2. The molecule has 6 heteroatoms. The van der Waals surface area contributed by atoms with E-state index < -0.39 is 0 Å². The Kier molecular flexibility index (Phi) is 7.00. The van der Waals surface area contributed by atoms with E-state index in [-0.39, 0.29) is 29.7 Å². The van der Waals surface area contributed by atoms with E-state index in [9.17, 15) is 14.0 Å². The van der Waals surface area contributed by atoms with Crippen LogP contribution in [0.4, 0.5) is 9.18 Å².